The summed E-state index contributed by atoms with van der Waals surface area (Å²) in [7, 11) is 0. The summed E-state index contributed by atoms with van der Waals surface area (Å²) >= 11 is 14.3. The van der Waals surface area contributed by atoms with Crippen LogP contribution >= 0.6 is 46.9 Å². The number of hydrogen-bond donors (Lipinski definition) is 1. The van der Waals surface area contributed by atoms with Gasteiger partial charge >= 0.3 is 5.97 Å². The number of aromatic nitrogens is 1. The Kier molecular flexibility index (Phi) is 10.4. The van der Waals surface area contributed by atoms with Gasteiger partial charge in [0.05, 0.1) is 4.91 Å². The Morgan fingerprint density at radius 1 is 1.06 bits per heavy atom. The van der Waals surface area contributed by atoms with Crippen molar-refractivity contribution in [2.24, 2.45) is 0 Å². The summed E-state index contributed by atoms with van der Waals surface area (Å²) in [5, 5.41) is 10.2. The SMILES string of the molecule is O=C(O)CCCCCCCCCCN1C(=O)/C(=C/c2cnc(-c3ccc(Cl)cc3)s2)SC1=S. The number of carboxylic acids is 1. The Balaban J connectivity index is 1.40. The molecule has 33 heavy (non-hydrogen) atoms. The molecule has 1 saturated heterocycles. The van der Waals surface area contributed by atoms with Crippen molar-refractivity contribution in [2.75, 3.05) is 6.54 Å². The molecule has 0 radical (unpaired) electrons. The van der Waals surface area contributed by atoms with Crippen molar-refractivity contribution < 1.29 is 14.7 Å². The number of thioether (sulfide) groups is 1. The Morgan fingerprint density at radius 2 is 1.70 bits per heavy atom. The van der Waals surface area contributed by atoms with Gasteiger partial charge in [-0.15, -0.1) is 11.3 Å². The first-order chi connectivity index (χ1) is 15.9. The molecule has 0 unspecified atom stereocenters. The maximum absolute atomic E-state index is 12.8. The molecule has 0 bridgehead atoms. The minimum atomic E-state index is -0.713. The molecule has 1 N–H and O–H groups in total. The van der Waals surface area contributed by atoms with E-state index in [9.17, 15) is 9.59 Å². The van der Waals surface area contributed by atoms with Crippen molar-refractivity contribution >= 4 is 69.2 Å². The zero-order valence-electron chi connectivity index (χ0n) is 18.3. The first-order valence-corrected chi connectivity index (χ1v) is 13.5. The van der Waals surface area contributed by atoms with E-state index in [1.54, 1.807) is 11.1 Å². The number of thiazole rings is 1. The fourth-order valence-electron chi connectivity index (χ4n) is 3.51. The average molecular weight is 523 g/mol. The highest BCUT2D eigenvalue weighted by molar-refractivity contribution is 8.26. The minimum Gasteiger partial charge on any atom is -0.481 e. The summed E-state index contributed by atoms with van der Waals surface area (Å²) in [5.41, 5.74) is 0.997. The average Bonchev–Trinajstić information content (AvgIpc) is 3.35. The second-order valence-corrected chi connectivity index (χ2v) is 11.1. The van der Waals surface area contributed by atoms with Gasteiger partial charge in [0.15, 0.2) is 0 Å². The van der Waals surface area contributed by atoms with E-state index in [4.69, 9.17) is 28.9 Å². The van der Waals surface area contributed by atoms with Crippen LogP contribution in [0.25, 0.3) is 16.6 Å². The topological polar surface area (TPSA) is 70.5 Å². The molecule has 1 aromatic heterocycles. The maximum Gasteiger partial charge on any atom is 0.303 e. The van der Waals surface area contributed by atoms with Gasteiger partial charge < -0.3 is 5.11 Å². The van der Waals surface area contributed by atoms with Gasteiger partial charge in [-0.2, -0.15) is 0 Å². The first kappa shape index (κ1) is 25.9. The van der Waals surface area contributed by atoms with Gasteiger partial charge in [0.1, 0.15) is 9.33 Å². The van der Waals surface area contributed by atoms with Crippen LogP contribution < -0.4 is 0 Å². The first-order valence-electron chi connectivity index (χ1n) is 11.1. The normalized spacial score (nSPS) is 15.1. The smallest absolute Gasteiger partial charge is 0.303 e. The van der Waals surface area contributed by atoms with Gasteiger partial charge in [0.25, 0.3) is 5.91 Å². The number of nitrogens with zero attached hydrogens (tertiary/aromatic N) is 2. The molecule has 9 heteroatoms. The van der Waals surface area contributed by atoms with Crippen molar-refractivity contribution in [3.05, 3.63) is 45.3 Å². The van der Waals surface area contributed by atoms with Crippen LogP contribution in [0.1, 0.15) is 62.7 Å². The predicted molar refractivity (Wildman–Crippen MR) is 142 cm³/mol. The summed E-state index contributed by atoms with van der Waals surface area (Å²) in [5.74, 6) is -0.736. The molecule has 1 amide bonds. The molecule has 1 aromatic carbocycles. The molecule has 0 atom stereocenters. The second kappa shape index (κ2) is 13.2. The minimum absolute atomic E-state index is 0.0233. The standard InChI is InChI=1S/C24H27ClN2O3S3/c25-18-12-10-17(11-13-18)22-26-16-19(32-22)15-20-23(30)27(24(31)33-20)14-8-6-4-2-1-3-5-7-9-21(28)29/h10-13,15-16H,1-9,14H2,(H,28,29)/b20-15-. The van der Waals surface area contributed by atoms with Gasteiger partial charge in [0, 0.05) is 34.6 Å². The fraction of sp³-hybridized carbons (Fsp3) is 0.417. The Hall–Kier alpha value is -1.74. The number of benzene rings is 1. The Bertz CT molecular complexity index is 1000. The lowest BCUT2D eigenvalue weighted by atomic mass is 10.1. The molecule has 3 rings (SSSR count). The number of unbranched alkanes of at least 4 members (excludes halogenated alkanes) is 7. The number of carbonyl (C=O) groups is 2. The Labute approximate surface area is 213 Å². The van der Waals surface area contributed by atoms with E-state index in [0.717, 1.165) is 66.8 Å². The van der Waals surface area contributed by atoms with Gasteiger partial charge in [-0.25, -0.2) is 4.98 Å². The van der Waals surface area contributed by atoms with Crippen molar-refractivity contribution in [2.45, 2.75) is 57.8 Å². The van der Waals surface area contributed by atoms with E-state index in [1.165, 1.54) is 23.1 Å². The quantitative estimate of drug-likeness (QED) is 0.169. The molecule has 0 aliphatic carbocycles. The zero-order valence-corrected chi connectivity index (χ0v) is 21.5. The van der Waals surface area contributed by atoms with Crippen molar-refractivity contribution in [3.8, 4) is 10.6 Å². The van der Waals surface area contributed by atoms with E-state index in [-0.39, 0.29) is 12.3 Å². The van der Waals surface area contributed by atoms with Crippen LogP contribution in [0.4, 0.5) is 0 Å². The van der Waals surface area contributed by atoms with Crippen LogP contribution in [0, 0.1) is 0 Å². The summed E-state index contributed by atoms with van der Waals surface area (Å²) in [4.78, 5) is 31.1. The number of carbonyl (C=O) groups excluding carboxylic acids is 1. The highest BCUT2D eigenvalue weighted by Gasteiger charge is 2.31. The molecule has 1 fully saturated rings. The highest BCUT2D eigenvalue weighted by atomic mass is 35.5. The second-order valence-electron chi connectivity index (χ2n) is 7.88. The molecular weight excluding hydrogens is 496 g/mol. The summed E-state index contributed by atoms with van der Waals surface area (Å²) in [6.45, 7) is 0.652. The highest BCUT2D eigenvalue weighted by Crippen LogP contribution is 2.35. The van der Waals surface area contributed by atoms with E-state index in [1.807, 2.05) is 30.3 Å². The third kappa shape index (κ3) is 8.21. The largest absolute Gasteiger partial charge is 0.481 e. The monoisotopic (exact) mass is 522 g/mol. The lowest BCUT2D eigenvalue weighted by Crippen LogP contribution is -2.28. The van der Waals surface area contributed by atoms with E-state index >= 15 is 0 Å². The summed E-state index contributed by atoms with van der Waals surface area (Å²) in [6, 6.07) is 7.55. The number of rotatable bonds is 13. The molecule has 1 aliphatic heterocycles. The molecule has 2 aromatic rings. The van der Waals surface area contributed by atoms with E-state index in [2.05, 4.69) is 4.98 Å². The molecular formula is C24H27ClN2O3S3. The van der Waals surface area contributed by atoms with Crippen LogP contribution in [0.3, 0.4) is 0 Å². The third-order valence-corrected chi connectivity index (χ3v) is 7.91. The van der Waals surface area contributed by atoms with Crippen LogP contribution in [0.2, 0.25) is 5.02 Å². The molecule has 0 saturated carbocycles. The van der Waals surface area contributed by atoms with Crippen LogP contribution in [0.15, 0.2) is 35.4 Å². The van der Waals surface area contributed by atoms with Crippen LogP contribution in [-0.2, 0) is 9.59 Å². The maximum atomic E-state index is 12.8. The number of thiocarbonyl (C=S) groups is 1. The van der Waals surface area contributed by atoms with Crippen molar-refractivity contribution in [1.82, 2.24) is 9.88 Å². The molecule has 0 spiro atoms. The molecule has 2 heterocycles. The van der Waals surface area contributed by atoms with Crippen molar-refractivity contribution in [3.63, 3.8) is 0 Å². The fourth-order valence-corrected chi connectivity index (χ4v) is 5.87. The predicted octanol–water partition coefficient (Wildman–Crippen LogP) is 7.26. The van der Waals surface area contributed by atoms with E-state index in [0.29, 0.717) is 20.8 Å². The van der Waals surface area contributed by atoms with Crippen LogP contribution in [-0.4, -0.2) is 37.7 Å². The van der Waals surface area contributed by atoms with Gasteiger partial charge in [0.2, 0.25) is 0 Å². The van der Waals surface area contributed by atoms with Gasteiger partial charge in [-0.3, -0.25) is 14.5 Å². The summed E-state index contributed by atoms with van der Waals surface area (Å²) in [6.07, 6.45) is 12.2. The number of amides is 1. The molecule has 5 nitrogen and oxygen atoms in total. The molecule has 1 aliphatic rings. The van der Waals surface area contributed by atoms with Crippen LogP contribution in [0.5, 0.6) is 0 Å². The lowest BCUT2D eigenvalue weighted by molar-refractivity contribution is -0.137. The zero-order chi connectivity index (χ0) is 23.6. The van der Waals surface area contributed by atoms with Gasteiger partial charge in [-0.05, 0) is 31.1 Å². The number of halogens is 1. The summed E-state index contributed by atoms with van der Waals surface area (Å²) < 4.78 is 0.618. The number of aliphatic carboxylic acids is 1. The molecule has 176 valence electrons. The Morgan fingerprint density at radius 3 is 2.36 bits per heavy atom. The van der Waals surface area contributed by atoms with E-state index < -0.39 is 5.97 Å². The third-order valence-electron chi connectivity index (χ3n) is 5.28. The van der Waals surface area contributed by atoms with Crippen molar-refractivity contribution in [1.29, 1.82) is 0 Å². The van der Waals surface area contributed by atoms with Gasteiger partial charge in [-0.1, -0.05) is 86.2 Å². The lowest BCUT2D eigenvalue weighted by Gasteiger charge is -2.14. The number of carboxylic acid groups (broad SMARTS) is 1. The number of hydrogen-bond acceptors (Lipinski definition) is 6.